The zero-order chi connectivity index (χ0) is 10.3. The summed E-state index contributed by atoms with van der Waals surface area (Å²) < 4.78 is 5.03. The minimum absolute atomic E-state index is 0.0354. The Morgan fingerprint density at radius 3 is 2.23 bits per heavy atom. The Balaban J connectivity index is 0.000000671. The molecule has 0 radical (unpaired) electrons. The predicted molar refractivity (Wildman–Crippen MR) is 55.8 cm³/mol. The number of ether oxygens (including phenoxy) is 1. The van der Waals surface area contributed by atoms with Gasteiger partial charge in [0.1, 0.15) is 0 Å². The number of methoxy groups -OCH3 is 1. The molecule has 0 heterocycles. The summed E-state index contributed by atoms with van der Waals surface area (Å²) in [6, 6.07) is 0. The van der Waals surface area contributed by atoms with Crippen molar-refractivity contribution in [2.45, 2.75) is 52.6 Å². The van der Waals surface area contributed by atoms with Crippen LogP contribution in [0.1, 0.15) is 46.5 Å². The predicted octanol–water partition coefficient (Wildman–Crippen LogP) is 2.60. The first-order valence-electron chi connectivity index (χ1n) is 5.39. The standard InChI is InChI=1S/C9H18O2.C2H6/c1-3-9(4-5-11-2)6-8(10)7-9;1-2/h8,10H,3-7H2,1-2H3;1-2H3. The van der Waals surface area contributed by atoms with Crippen molar-refractivity contribution >= 4 is 0 Å². The smallest absolute Gasteiger partial charge is 0.0550 e. The van der Waals surface area contributed by atoms with Crippen molar-refractivity contribution in [2.75, 3.05) is 13.7 Å². The van der Waals surface area contributed by atoms with Gasteiger partial charge in [-0.05, 0) is 24.7 Å². The first-order chi connectivity index (χ1) is 6.22. The topological polar surface area (TPSA) is 29.5 Å². The molecular formula is C11H24O2. The lowest BCUT2D eigenvalue weighted by molar-refractivity contribution is -0.0505. The van der Waals surface area contributed by atoms with Crippen LogP contribution in [0.25, 0.3) is 0 Å². The SMILES string of the molecule is CC.CCC1(CCOC)CC(O)C1. The summed E-state index contributed by atoms with van der Waals surface area (Å²) in [5, 5.41) is 9.17. The molecular weight excluding hydrogens is 164 g/mol. The van der Waals surface area contributed by atoms with Crippen LogP contribution in [-0.2, 0) is 4.74 Å². The van der Waals surface area contributed by atoms with Gasteiger partial charge in [-0.3, -0.25) is 0 Å². The molecule has 0 bridgehead atoms. The second-order valence-electron chi connectivity index (χ2n) is 3.66. The lowest BCUT2D eigenvalue weighted by atomic mass is 9.63. The summed E-state index contributed by atoms with van der Waals surface area (Å²) in [6.07, 6.45) is 4.20. The Labute approximate surface area is 82.3 Å². The lowest BCUT2D eigenvalue weighted by Gasteiger charge is -2.45. The molecule has 0 atom stereocenters. The van der Waals surface area contributed by atoms with Crippen LogP contribution in [0, 0.1) is 5.41 Å². The zero-order valence-corrected chi connectivity index (χ0v) is 9.47. The maximum atomic E-state index is 9.17. The van der Waals surface area contributed by atoms with Gasteiger partial charge < -0.3 is 9.84 Å². The van der Waals surface area contributed by atoms with E-state index in [0.29, 0.717) is 5.41 Å². The van der Waals surface area contributed by atoms with Crippen LogP contribution < -0.4 is 0 Å². The lowest BCUT2D eigenvalue weighted by Crippen LogP contribution is -2.41. The molecule has 0 unspecified atom stereocenters. The van der Waals surface area contributed by atoms with Gasteiger partial charge in [0.25, 0.3) is 0 Å². The van der Waals surface area contributed by atoms with E-state index in [1.54, 1.807) is 7.11 Å². The monoisotopic (exact) mass is 188 g/mol. The van der Waals surface area contributed by atoms with Crippen LogP contribution in [0.15, 0.2) is 0 Å². The first kappa shape index (κ1) is 12.9. The van der Waals surface area contributed by atoms with Gasteiger partial charge in [-0.15, -0.1) is 0 Å². The Kier molecular flexibility index (Phi) is 6.35. The van der Waals surface area contributed by atoms with Crippen molar-refractivity contribution in [3.05, 3.63) is 0 Å². The van der Waals surface area contributed by atoms with E-state index in [1.807, 2.05) is 13.8 Å². The van der Waals surface area contributed by atoms with E-state index in [9.17, 15) is 5.11 Å². The van der Waals surface area contributed by atoms with Gasteiger partial charge >= 0.3 is 0 Å². The van der Waals surface area contributed by atoms with E-state index in [2.05, 4.69) is 6.92 Å². The number of hydrogen-bond donors (Lipinski definition) is 1. The number of aliphatic hydroxyl groups is 1. The third-order valence-electron chi connectivity index (χ3n) is 2.92. The van der Waals surface area contributed by atoms with Crippen molar-refractivity contribution < 1.29 is 9.84 Å². The highest BCUT2D eigenvalue weighted by Crippen LogP contribution is 2.46. The Bertz CT molecular complexity index is 117. The van der Waals surface area contributed by atoms with E-state index in [1.165, 1.54) is 6.42 Å². The number of hydrogen-bond acceptors (Lipinski definition) is 2. The molecule has 1 aliphatic carbocycles. The molecule has 2 heteroatoms. The summed E-state index contributed by atoms with van der Waals surface area (Å²) >= 11 is 0. The van der Waals surface area contributed by atoms with Crippen LogP contribution in [-0.4, -0.2) is 24.9 Å². The fraction of sp³-hybridized carbons (Fsp3) is 1.00. The van der Waals surface area contributed by atoms with E-state index in [0.717, 1.165) is 25.9 Å². The summed E-state index contributed by atoms with van der Waals surface area (Å²) in [4.78, 5) is 0. The van der Waals surface area contributed by atoms with Crippen LogP contribution in [0.5, 0.6) is 0 Å². The molecule has 1 saturated carbocycles. The van der Waals surface area contributed by atoms with Crippen molar-refractivity contribution in [1.29, 1.82) is 0 Å². The van der Waals surface area contributed by atoms with Crippen LogP contribution >= 0.6 is 0 Å². The maximum absolute atomic E-state index is 9.17. The molecule has 1 fully saturated rings. The molecule has 0 spiro atoms. The first-order valence-corrected chi connectivity index (χ1v) is 5.39. The summed E-state index contributed by atoms with van der Waals surface area (Å²) in [6.45, 7) is 7.03. The van der Waals surface area contributed by atoms with Gasteiger partial charge in [0, 0.05) is 13.7 Å². The maximum Gasteiger partial charge on any atom is 0.0550 e. The zero-order valence-electron chi connectivity index (χ0n) is 9.47. The minimum Gasteiger partial charge on any atom is -0.393 e. The second-order valence-corrected chi connectivity index (χ2v) is 3.66. The van der Waals surface area contributed by atoms with Crippen molar-refractivity contribution in [3.63, 3.8) is 0 Å². The van der Waals surface area contributed by atoms with E-state index >= 15 is 0 Å². The summed E-state index contributed by atoms with van der Waals surface area (Å²) in [5.41, 5.74) is 0.412. The molecule has 0 aromatic rings. The molecule has 1 rings (SSSR count). The molecule has 0 amide bonds. The Morgan fingerprint density at radius 1 is 1.38 bits per heavy atom. The van der Waals surface area contributed by atoms with Crippen molar-refractivity contribution in [1.82, 2.24) is 0 Å². The van der Waals surface area contributed by atoms with Gasteiger partial charge in [0.15, 0.2) is 0 Å². The Morgan fingerprint density at radius 2 is 1.92 bits per heavy atom. The van der Waals surface area contributed by atoms with Gasteiger partial charge in [0.2, 0.25) is 0 Å². The number of aliphatic hydroxyl groups excluding tert-OH is 1. The molecule has 13 heavy (non-hydrogen) atoms. The Hall–Kier alpha value is -0.0800. The minimum atomic E-state index is -0.0354. The third kappa shape index (κ3) is 3.65. The molecule has 2 nitrogen and oxygen atoms in total. The van der Waals surface area contributed by atoms with Gasteiger partial charge in [0.05, 0.1) is 6.10 Å². The number of rotatable bonds is 4. The molecule has 0 saturated heterocycles. The van der Waals surface area contributed by atoms with E-state index in [-0.39, 0.29) is 6.10 Å². The largest absolute Gasteiger partial charge is 0.393 e. The molecule has 0 aliphatic heterocycles. The highest BCUT2D eigenvalue weighted by molar-refractivity contribution is 4.92. The van der Waals surface area contributed by atoms with E-state index in [4.69, 9.17) is 4.74 Å². The highest BCUT2D eigenvalue weighted by Gasteiger charge is 2.41. The fourth-order valence-electron chi connectivity index (χ4n) is 1.93. The van der Waals surface area contributed by atoms with E-state index < -0.39 is 0 Å². The normalized spacial score (nSPS) is 31.6. The second kappa shape index (κ2) is 6.39. The fourth-order valence-corrected chi connectivity index (χ4v) is 1.93. The average molecular weight is 188 g/mol. The van der Waals surface area contributed by atoms with Crippen LogP contribution in [0.2, 0.25) is 0 Å². The summed E-state index contributed by atoms with van der Waals surface area (Å²) in [5.74, 6) is 0. The molecule has 0 aromatic heterocycles. The van der Waals surface area contributed by atoms with Crippen LogP contribution in [0.3, 0.4) is 0 Å². The molecule has 80 valence electrons. The highest BCUT2D eigenvalue weighted by atomic mass is 16.5. The third-order valence-corrected chi connectivity index (χ3v) is 2.92. The molecule has 0 aromatic carbocycles. The summed E-state index contributed by atoms with van der Waals surface area (Å²) in [7, 11) is 1.73. The molecule has 1 aliphatic rings. The van der Waals surface area contributed by atoms with Gasteiger partial charge in [-0.2, -0.15) is 0 Å². The van der Waals surface area contributed by atoms with Crippen molar-refractivity contribution in [3.8, 4) is 0 Å². The van der Waals surface area contributed by atoms with Gasteiger partial charge in [-0.25, -0.2) is 0 Å². The molecule has 1 N–H and O–H groups in total. The van der Waals surface area contributed by atoms with Crippen LogP contribution in [0.4, 0.5) is 0 Å². The van der Waals surface area contributed by atoms with Crippen molar-refractivity contribution in [2.24, 2.45) is 5.41 Å². The quantitative estimate of drug-likeness (QED) is 0.735. The average Bonchev–Trinajstić information content (AvgIpc) is 2.14. The van der Waals surface area contributed by atoms with Gasteiger partial charge in [-0.1, -0.05) is 27.2 Å².